The topological polar surface area (TPSA) is 74.4 Å². The number of aromatic nitrogens is 1. The highest BCUT2D eigenvalue weighted by atomic mass is 19.1. The van der Waals surface area contributed by atoms with Gasteiger partial charge in [0.25, 0.3) is 0 Å². The van der Waals surface area contributed by atoms with Gasteiger partial charge in [0.2, 0.25) is 0 Å². The third kappa shape index (κ3) is 3.92. The number of nitrogens with two attached hydrogens (primary N) is 1. The first-order valence-corrected chi connectivity index (χ1v) is 6.39. The fourth-order valence-corrected chi connectivity index (χ4v) is 1.74. The van der Waals surface area contributed by atoms with Crippen molar-refractivity contribution in [3.8, 4) is 5.75 Å². The van der Waals surface area contributed by atoms with Crippen LogP contribution in [0.4, 0.5) is 10.1 Å². The highest BCUT2D eigenvalue weighted by Crippen LogP contribution is 2.23. The Morgan fingerprint density at radius 1 is 1.33 bits per heavy atom. The van der Waals surface area contributed by atoms with E-state index in [1.165, 1.54) is 18.3 Å². The van der Waals surface area contributed by atoms with Gasteiger partial charge >= 0.3 is 5.97 Å². The third-order valence-corrected chi connectivity index (χ3v) is 2.65. The molecule has 1 heterocycles. The molecule has 2 N–H and O–H groups in total. The summed E-state index contributed by atoms with van der Waals surface area (Å²) in [6, 6.07) is 5.99. The van der Waals surface area contributed by atoms with E-state index in [2.05, 4.69) is 4.98 Å². The number of pyridine rings is 1. The van der Waals surface area contributed by atoms with Crippen molar-refractivity contribution in [1.82, 2.24) is 4.98 Å². The zero-order chi connectivity index (χ0) is 15.2. The van der Waals surface area contributed by atoms with Crippen molar-refractivity contribution in [1.29, 1.82) is 0 Å². The Labute approximate surface area is 121 Å². The van der Waals surface area contributed by atoms with E-state index in [4.69, 9.17) is 15.2 Å². The smallest absolute Gasteiger partial charge is 0.341 e. The number of esters is 1. The summed E-state index contributed by atoms with van der Waals surface area (Å²) in [6.07, 6.45) is 2.60. The van der Waals surface area contributed by atoms with Crippen LogP contribution in [0.15, 0.2) is 36.7 Å². The molecule has 6 heteroatoms. The maximum absolute atomic E-state index is 13.0. The van der Waals surface area contributed by atoms with Gasteiger partial charge in [-0.3, -0.25) is 4.98 Å². The molecule has 110 valence electrons. The van der Waals surface area contributed by atoms with Crippen LogP contribution in [0.25, 0.3) is 0 Å². The van der Waals surface area contributed by atoms with Gasteiger partial charge in [0, 0.05) is 17.4 Å². The van der Waals surface area contributed by atoms with Crippen LogP contribution < -0.4 is 10.5 Å². The molecule has 5 nitrogen and oxygen atoms in total. The molecule has 1 aromatic carbocycles. The minimum Gasteiger partial charge on any atom is -0.488 e. The molecule has 0 aliphatic rings. The molecular formula is C15H15FN2O3. The second-order valence-electron chi connectivity index (χ2n) is 4.28. The van der Waals surface area contributed by atoms with Crippen molar-refractivity contribution >= 4 is 11.7 Å². The van der Waals surface area contributed by atoms with E-state index in [-0.39, 0.29) is 18.8 Å². The number of anilines is 1. The van der Waals surface area contributed by atoms with Crippen molar-refractivity contribution in [3.05, 3.63) is 53.6 Å². The van der Waals surface area contributed by atoms with Gasteiger partial charge in [-0.1, -0.05) is 0 Å². The Bertz CT molecular complexity index is 647. The van der Waals surface area contributed by atoms with Gasteiger partial charge < -0.3 is 15.2 Å². The van der Waals surface area contributed by atoms with E-state index in [1.807, 2.05) is 0 Å². The van der Waals surface area contributed by atoms with Gasteiger partial charge in [-0.15, -0.1) is 0 Å². The quantitative estimate of drug-likeness (QED) is 0.676. The van der Waals surface area contributed by atoms with Crippen molar-refractivity contribution in [3.63, 3.8) is 0 Å². The minimum absolute atomic E-state index is 0.0844. The summed E-state index contributed by atoms with van der Waals surface area (Å²) >= 11 is 0. The van der Waals surface area contributed by atoms with Crippen LogP contribution >= 0.6 is 0 Å². The van der Waals surface area contributed by atoms with Crippen LogP contribution in [0.1, 0.15) is 22.8 Å². The van der Waals surface area contributed by atoms with Crippen molar-refractivity contribution in [2.24, 2.45) is 0 Å². The molecule has 0 fully saturated rings. The Morgan fingerprint density at radius 2 is 2.14 bits per heavy atom. The SMILES string of the molecule is CCOC(=O)c1cc(N)ccc1OCc1cncc(F)c1. The predicted molar refractivity (Wildman–Crippen MR) is 75.3 cm³/mol. The average Bonchev–Trinajstić information content (AvgIpc) is 2.46. The molecule has 0 atom stereocenters. The Balaban J connectivity index is 2.17. The number of ether oxygens (including phenoxy) is 2. The lowest BCUT2D eigenvalue weighted by Gasteiger charge is -2.11. The summed E-state index contributed by atoms with van der Waals surface area (Å²) in [4.78, 5) is 15.6. The minimum atomic E-state index is -0.517. The summed E-state index contributed by atoms with van der Waals surface area (Å²) in [5, 5.41) is 0. The number of hydrogen-bond donors (Lipinski definition) is 1. The molecule has 2 aromatic rings. The van der Waals surface area contributed by atoms with Gasteiger partial charge in [-0.25, -0.2) is 9.18 Å². The number of carbonyl (C=O) groups is 1. The lowest BCUT2D eigenvalue weighted by Crippen LogP contribution is -2.09. The molecule has 0 spiro atoms. The Morgan fingerprint density at radius 3 is 2.86 bits per heavy atom. The highest BCUT2D eigenvalue weighted by Gasteiger charge is 2.14. The molecule has 0 aliphatic carbocycles. The third-order valence-electron chi connectivity index (χ3n) is 2.65. The number of hydrogen-bond acceptors (Lipinski definition) is 5. The first kappa shape index (κ1) is 14.8. The first-order chi connectivity index (χ1) is 10.1. The van der Waals surface area contributed by atoms with Gasteiger partial charge in [-0.05, 0) is 31.2 Å². The fourth-order valence-electron chi connectivity index (χ4n) is 1.74. The van der Waals surface area contributed by atoms with E-state index >= 15 is 0 Å². The van der Waals surface area contributed by atoms with E-state index in [9.17, 15) is 9.18 Å². The number of nitrogens with zero attached hydrogens (tertiary/aromatic N) is 1. The van der Waals surface area contributed by atoms with Crippen LogP contribution in [-0.4, -0.2) is 17.6 Å². The Kier molecular flexibility index (Phi) is 4.71. The molecule has 2 rings (SSSR count). The first-order valence-electron chi connectivity index (χ1n) is 6.39. The molecule has 0 unspecified atom stereocenters. The molecule has 0 radical (unpaired) electrons. The number of rotatable bonds is 5. The van der Waals surface area contributed by atoms with E-state index in [0.29, 0.717) is 17.0 Å². The lowest BCUT2D eigenvalue weighted by molar-refractivity contribution is 0.0521. The average molecular weight is 290 g/mol. The van der Waals surface area contributed by atoms with Gasteiger partial charge in [0.1, 0.15) is 23.7 Å². The van der Waals surface area contributed by atoms with Crippen LogP contribution in [0.3, 0.4) is 0 Å². The molecule has 0 amide bonds. The maximum Gasteiger partial charge on any atom is 0.341 e. The van der Waals surface area contributed by atoms with E-state index < -0.39 is 11.8 Å². The van der Waals surface area contributed by atoms with E-state index in [0.717, 1.165) is 6.20 Å². The normalized spacial score (nSPS) is 10.2. The second-order valence-corrected chi connectivity index (χ2v) is 4.28. The summed E-state index contributed by atoms with van der Waals surface area (Å²) < 4.78 is 23.5. The van der Waals surface area contributed by atoms with Gasteiger partial charge in [0.15, 0.2) is 0 Å². The highest BCUT2D eigenvalue weighted by molar-refractivity contribution is 5.93. The summed E-state index contributed by atoms with van der Waals surface area (Å²) in [5.74, 6) is -0.636. The lowest BCUT2D eigenvalue weighted by atomic mass is 10.2. The molecular weight excluding hydrogens is 275 g/mol. The largest absolute Gasteiger partial charge is 0.488 e. The van der Waals surface area contributed by atoms with Gasteiger partial charge in [-0.2, -0.15) is 0 Å². The van der Waals surface area contributed by atoms with Crippen molar-refractivity contribution in [2.45, 2.75) is 13.5 Å². The molecule has 0 bridgehead atoms. The van der Waals surface area contributed by atoms with Crippen LogP contribution in [0.5, 0.6) is 5.75 Å². The number of carbonyl (C=O) groups excluding carboxylic acids is 1. The molecule has 21 heavy (non-hydrogen) atoms. The summed E-state index contributed by atoms with van der Waals surface area (Å²) in [6.45, 7) is 2.05. The molecule has 1 aromatic heterocycles. The van der Waals surface area contributed by atoms with Crippen LogP contribution in [0.2, 0.25) is 0 Å². The van der Waals surface area contributed by atoms with Crippen LogP contribution in [-0.2, 0) is 11.3 Å². The molecule has 0 aliphatic heterocycles. The Hall–Kier alpha value is -2.63. The maximum atomic E-state index is 13.0. The zero-order valence-corrected chi connectivity index (χ0v) is 11.5. The summed E-state index contributed by atoms with van der Waals surface area (Å²) in [5.41, 5.74) is 6.89. The van der Waals surface area contributed by atoms with E-state index in [1.54, 1.807) is 19.1 Å². The number of benzene rings is 1. The predicted octanol–water partition coefficient (Wildman–Crippen LogP) is 2.56. The summed E-state index contributed by atoms with van der Waals surface area (Å²) in [7, 11) is 0. The van der Waals surface area contributed by atoms with Crippen molar-refractivity contribution in [2.75, 3.05) is 12.3 Å². The van der Waals surface area contributed by atoms with Crippen molar-refractivity contribution < 1.29 is 18.7 Å². The monoisotopic (exact) mass is 290 g/mol. The second kappa shape index (κ2) is 6.69. The zero-order valence-electron chi connectivity index (χ0n) is 11.5. The van der Waals surface area contributed by atoms with Crippen LogP contribution in [0, 0.1) is 5.82 Å². The fraction of sp³-hybridized carbons (Fsp3) is 0.200. The standard InChI is InChI=1S/C15H15FN2O3/c1-2-20-15(19)13-6-12(17)3-4-14(13)21-9-10-5-11(16)8-18-7-10/h3-8H,2,9,17H2,1H3. The molecule has 0 saturated carbocycles. The molecule has 0 saturated heterocycles. The van der Waals surface area contributed by atoms with Gasteiger partial charge in [0.05, 0.1) is 12.8 Å². The number of nitrogen functional groups attached to an aromatic ring is 1. The number of halogens is 1.